The summed E-state index contributed by atoms with van der Waals surface area (Å²) in [4.78, 5) is 96.2. The number of hydrogen-bond acceptors (Lipinski definition) is 13. The summed E-state index contributed by atoms with van der Waals surface area (Å²) >= 11 is 0. The standard InChI is InChI=1S/C65H122N4O15P2.C2H6/c1-5-8-11-14-16-18-20-22-24-26-28-30-32-35-38-49-63(73)80-56-58(84-64(74)50-39-36-33-31-29-27-25-23-21-19-17-15-12-9-6-2)57-83-86(78,79)82-55-53-67-61(71)48-44-47-60(70)66-51-41-40-45-59(69-62(72)46-37-34-13-10-7-3)65(75)68-52-42-43-54-81-85(4,76)77;1-2/h22-25,58-59H,5-21,26-57H2,1-4H3,(H,66,70)(H,67,71)(H,68,75)(H,69,72)(H,76,77)(H,78,79);1-2H3/b24-22-,25-23-;. The predicted octanol–water partition coefficient (Wildman–Crippen LogP) is 15.8. The first-order valence-electron chi connectivity index (χ1n) is 34.8. The number of ether oxygens (including phenoxy) is 2. The lowest BCUT2D eigenvalue weighted by atomic mass is 10.1. The van der Waals surface area contributed by atoms with Gasteiger partial charge in [-0.2, -0.15) is 0 Å². The minimum atomic E-state index is -4.69. The lowest BCUT2D eigenvalue weighted by molar-refractivity contribution is -0.161. The van der Waals surface area contributed by atoms with E-state index in [1.54, 1.807) is 0 Å². The first-order valence-corrected chi connectivity index (χ1v) is 38.4. The van der Waals surface area contributed by atoms with Gasteiger partial charge in [0.25, 0.3) is 0 Å². The zero-order valence-corrected chi connectivity index (χ0v) is 58.0. The van der Waals surface area contributed by atoms with E-state index in [0.717, 1.165) is 116 Å². The van der Waals surface area contributed by atoms with Crippen LogP contribution in [-0.4, -0.2) is 110 Å². The maximum atomic E-state index is 13.0. The molecule has 4 amide bonds. The van der Waals surface area contributed by atoms with Gasteiger partial charge in [-0.3, -0.25) is 42.4 Å². The molecule has 0 fully saturated rings. The lowest BCUT2D eigenvalue weighted by Crippen LogP contribution is -2.47. The second kappa shape index (κ2) is 63.7. The Morgan fingerprint density at radius 2 is 0.841 bits per heavy atom. The van der Waals surface area contributed by atoms with Crippen LogP contribution in [-0.2, 0) is 60.9 Å². The van der Waals surface area contributed by atoms with E-state index in [0.29, 0.717) is 64.5 Å². The van der Waals surface area contributed by atoms with Crippen LogP contribution in [0.4, 0.5) is 0 Å². The number of rotatable bonds is 63. The van der Waals surface area contributed by atoms with Crippen LogP contribution in [0.5, 0.6) is 0 Å². The van der Waals surface area contributed by atoms with Gasteiger partial charge in [0.1, 0.15) is 12.6 Å². The van der Waals surface area contributed by atoms with E-state index in [-0.39, 0.29) is 76.2 Å². The van der Waals surface area contributed by atoms with E-state index >= 15 is 0 Å². The number of allylic oxidation sites excluding steroid dienone is 4. The van der Waals surface area contributed by atoms with E-state index < -0.39 is 52.0 Å². The maximum absolute atomic E-state index is 13.0. The zero-order valence-electron chi connectivity index (χ0n) is 56.2. The van der Waals surface area contributed by atoms with Crippen molar-refractivity contribution >= 4 is 51.0 Å². The Morgan fingerprint density at radius 3 is 1.34 bits per heavy atom. The number of hydrogen-bond donors (Lipinski definition) is 6. The van der Waals surface area contributed by atoms with E-state index in [1.807, 2.05) is 13.8 Å². The molecule has 4 atom stereocenters. The highest BCUT2D eigenvalue weighted by molar-refractivity contribution is 7.51. The molecule has 21 heteroatoms. The second-order valence-corrected chi connectivity index (χ2v) is 26.3. The van der Waals surface area contributed by atoms with Crippen LogP contribution in [0.25, 0.3) is 0 Å². The van der Waals surface area contributed by atoms with Gasteiger partial charge in [0.15, 0.2) is 6.10 Å². The Bertz CT molecular complexity index is 1870. The normalized spacial score (nSPS) is 13.5. The third-order valence-electron chi connectivity index (χ3n) is 14.5. The summed E-state index contributed by atoms with van der Waals surface area (Å²) in [5.74, 6) is -2.15. The molecule has 0 aromatic carbocycles. The lowest BCUT2D eigenvalue weighted by Gasteiger charge is -2.20. The van der Waals surface area contributed by atoms with Crippen LogP contribution in [0.1, 0.15) is 304 Å². The number of phosphoric ester groups is 1. The van der Waals surface area contributed by atoms with Gasteiger partial charge in [0.2, 0.25) is 23.6 Å². The van der Waals surface area contributed by atoms with E-state index in [2.05, 4.69) is 66.3 Å². The van der Waals surface area contributed by atoms with Crippen molar-refractivity contribution < 1.29 is 70.7 Å². The van der Waals surface area contributed by atoms with E-state index in [1.165, 1.54) is 77.0 Å². The van der Waals surface area contributed by atoms with Crippen molar-refractivity contribution in [2.24, 2.45) is 0 Å². The molecule has 88 heavy (non-hydrogen) atoms. The first kappa shape index (κ1) is 86.6. The Morgan fingerprint density at radius 1 is 0.420 bits per heavy atom. The minimum absolute atomic E-state index is 0.0175. The summed E-state index contributed by atoms with van der Waals surface area (Å²) in [5.41, 5.74) is 0. The van der Waals surface area contributed by atoms with Gasteiger partial charge < -0.3 is 45.1 Å². The molecule has 19 nitrogen and oxygen atoms in total. The SMILES string of the molecule is CC.CCCCCCCC/C=C\CCCCCCCC(=O)OCC(COP(=O)(O)OCCNC(=O)CCCC(=O)NCCCCC(NC(=O)CCCCCCC)C(=O)NCCCCOP(C)(=O)O)OC(=O)CCCCCCC/C=C\CCCCCCCC. The quantitative estimate of drug-likeness (QED) is 0.0143. The van der Waals surface area contributed by atoms with Gasteiger partial charge in [0.05, 0.1) is 19.8 Å². The Kier molecular flexibility index (Phi) is 62.7. The van der Waals surface area contributed by atoms with Crippen LogP contribution in [0.3, 0.4) is 0 Å². The molecule has 4 unspecified atom stereocenters. The molecular formula is C67H128N4O15P2. The Balaban J connectivity index is 0. The summed E-state index contributed by atoms with van der Waals surface area (Å²) in [6, 6.07) is -0.750. The van der Waals surface area contributed by atoms with Crippen molar-refractivity contribution in [3.63, 3.8) is 0 Å². The van der Waals surface area contributed by atoms with Gasteiger partial charge in [-0.25, -0.2) is 4.57 Å². The van der Waals surface area contributed by atoms with Crippen molar-refractivity contribution in [1.29, 1.82) is 0 Å². The molecule has 516 valence electrons. The van der Waals surface area contributed by atoms with Crippen molar-refractivity contribution in [1.82, 2.24) is 21.3 Å². The molecule has 0 rings (SSSR count). The van der Waals surface area contributed by atoms with Gasteiger partial charge in [-0.15, -0.1) is 0 Å². The molecule has 0 aliphatic heterocycles. The van der Waals surface area contributed by atoms with Crippen molar-refractivity contribution in [2.45, 2.75) is 316 Å². The molecule has 6 N–H and O–H groups in total. The van der Waals surface area contributed by atoms with Crippen LogP contribution in [0, 0.1) is 0 Å². The summed E-state index contributed by atoms with van der Waals surface area (Å²) in [5, 5.41) is 11.1. The molecule has 0 aromatic rings. The number of nitrogens with one attached hydrogen (secondary N) is 4. The zero-order chi connectivity index (χ0) is 65.5. The van der Waals surface area contributed by atoms with Crippen molar-refractivity contribution in [2.75, 3.05) is 52.7 Å². The summed E-state index contributed by atoms with van der Waals surface area (Å²) in [6.07, 6.45) is 45.7. The highest BCUT2D eigenvalue weighted by Gasteiger charge is 2.27. The molecule has 0 bridgehead atoms. The number of esters is 2. The van der Waals surface area contributed by atoms with Crippen LogP contribution < -0.4 is 21.3 Å². The van der Waals surface area contributed by atoms with Gasteiger partial charge in [-0.05, 0) is 109 Å². The fourth-order valence-electron chi connectivity index (χ4n) is 9.37. The molecule has 0 aliphatic carbocycles. The van der Waals surface area contributed by atoms with Crippen molar-refractivity contribution in [3.8, 4) is 0 Å². The van der Waals surface area contributed by atoms with Gasteiger partial charge in [0, 0.05) is 58.4 Å². The Labute approximate surface area is 534 Å². The number of carbonyl (C=O) groups is 6. The van der Waals surface area contributed by atoms with Crippen LogP contribution >= 0.6 is 15.4 Å². The number of amides is 4. The molecule has 0 saturated carbocycles. The number of unbranched alkanes of at least 4 members (excludes halogenated alkanes) is 28. The number of phosphoric acid groups is 1. The van der Waals surface area contributed by atoms with Gasteiger partial charge >= 0.3 is 27.4 Å². The summed E-state index contributed by atoms with van der Waals surface area (Å²) < 4.78 is 50.4. The maximum Gasteiger partial charge on any atom is 0.472 e. The third kappa shape index (κ3) is 64.1. The van der Waals surface area contributed by atoms with E-state index in [9.17, 15) is 47.7 Å². The second-order valence-electron chi connectivity index (χ2n) is 23.0. The molecule has 0 radical (unpaired) electrons. The Hall–Kier alpha value is -3.44. The minimum Gasteiger partial charge on any atom is -0.462 e. The molecular weight excluding hydrogens is 1160 g/mol. The molecule has 0 aliphatic rings. The third-order valence-corrected chi connectivity index (χ3v) is 16.2. The molecule has 0 saturated heterocycles. The highest BCUT2D eigenvalue weighted by atomic mass is 31.2. The predicted molar refractivity (Wildman–Crippen MR) is 356 cm³/mol. The topological polar surface area (TPSA) is 271 Å². The highest BCUT2D eigenvalue weighted by Crippen LogP contribution is 2.43. The smallest absolute Gasteiger partial charge is 0.462 e. The van der Waals surface area contributed by atoms with Crippen LogP contribution in [0.2, 0.25) is 0 Å². The number of carbonyl (C=O) groups excluding carboxylic acids is 6. The monoisotopic (exact) mass is 1290 g/mol. The van der Waals surface area contributed by atoms with Crippen LogP contribution in [0.15, 0.2) is 24.3 Å². The summed E-state index contributed by atoms with van der Waals surface area (Å²) in [6.45, 7) is 11.0. The molecule has 0 spiro atoms. The molecule has 0 heterocycles. The first-order chi connectivity index (χ1) is 42.5. The fraction of sp³-hybridized carbons (Fsp3) is 0.851. The van der Waals surface area contributed by atoms with Gasteiger partial charge in [-0.1, -0.05) is 187 Å². The average Bonchev–Trinajstić information content (AvgIpc) is 3.70. The van der Waals surface area contributed by atoms with E-state index in [4.69, 9.17) is 23.0 Å². The largest absolute Gasteiger partial charge is 0.472 e. The average molecular weight is 1290 g/mol. The molecule has 0 aromatic heterocycles. The van der Waals surface area contributed by atoms with Crippen molar-refractivity contribution in [3.05, 3.63) is 24.3 Å². The fourth-order valence-corrected chi connectivity index (χ4v) is 10.6. The summed E-state index contributed by atoms with van der Waals surface area (Å²) in [7, 11) is -8.25.